The minimum absolute atomic E-state index is 0. The molecule has 0 saturated carbocycles. The molecule has 108 valence electrons. The summed E-state index contributed by atoms with van der Waals surface area (Å²) in [6.45, 7) is 5.85. The first-order chi connectivity index (χ1) is 8.76. The average molecular weight is 380 g/mol. The molecule has 0 radical (unpaired) electrons. The lowest BCUT2D eigenvalue weighted by Gasteiger charge is -2.09. The van der Waals surface area contributed by atoms with Gasteiger partial charge in [-0.2, -0.15) is 0 Å². The number of furan rings is 1. The van der Waals surface area contributed by atoms with Crippen molar-refractivity contribution in [2.24, 2.45) is 4.99 Å². The zero-order valence-electron chi connectivity index (χ0n) is 11.2. The third kappa shape index (κ3) is 7.70. The number of likely N-dealkylation sites (N-methyl/N-ethyl adjacent to an activating group) is 1. The van der Waals surface area contributed by atoms with E-state index >= 15 is 0 Å². The number of guanidine groups is 1. The third-order valence-electron chi connectivity index (χ3n) is 2.11. The smallest absolute Gasteiger partial charge is 0.241 e. The Morgan fingerprint density at radius 1 is 1.26 bits per heavy atom. The quantitative estimate of drug-likeness (QED) is 0.392. The van der Waals surface area contributed by atoms with Gasteiger partial charge in [-0.15, -0.1) is 24.0 Å². The summed E-state index contributed by atoms with van der Waals surface area (Å²) in [6.07, 6.45) is 1.62. The fourth-order valence-electron chi connectivity index (χ4n) is 1.33. The Labute approximate surface area is 130 Å². The number of aliphatic imine (C=N–C) groups is 1. The molecule has 3 N–H and O–H groups in total. The van der Waals surface area contributed by atoms with Gasteiger partial charge in [-0.05, 0) is 26.0 Å². The number of carbonyl (C=O) groups is 1. The Kier molecular flexibility index (Phi) is 9.95. The molecule has 6 nitrogen and oxygen atoms in total. The van der Waals surface area contributed by atoms with E-state index in [1.54, 1.807) is 6.26 Å². The van der Waals surface area contributed by atoms with Crippen molar-refractivity contribution < 1.29 is 9.21 Å². The van der Waals surface area contributed by atoms with Crippen molar-refractivity contribution in [3.05, 3.63) is 24.2 Å². The van der Waals surface area contributed by atoms with Crippen molar-refractivity contribution >= 4 is 35.8 Å². The summed E-state index contributed by atoms with van der Waals surface area (Å²) in [6, 6.07) is 3.70. The van der Waals surface area contributed by atoms with Gasteiger partial charge < -0.3 is 20.4 Å². The highest BCUT2D eigenvalue weighted by Gasteiger charge is 2.01. The van der Waals surface area contributed by atoms with Gasteiger partial charge in [-0.3, -0.25) is 4.79 Å². The Morgan fingerprint density at radius 3 is 2.58 bits per heavy atom. The van der Waals surface area contributed by atoms with Gasteiger partial charge in [-0.25, -0.2) is 4.99 Å². The van der Waals surface area contributed by atoms with Gasteiger partial charge in [0.1, 0.15) is 12.3 Å². The van der Waals surface area contributed by atoms with Crippen molar-refractivity contribution in [2.75, 3.05) is 19.6 Å². The van der Waals surface area contributed by atoms with Crippen LogP contribution >= 0.6 is 24.0 Å². The van der Waals surface area contributed by atoms with E-state index < -0.39 is 0 Å². The number of hydrogen-bond donors (Lipinski definition) is 3. The fourth-order valence-corrected chi connectivity index (χ4v) is 1.33. The molecule has 7 heteroatoms. The van der Waals surface area contributed by atoms with Crippen molar-refractivity contribution in [2.45, 2.75) is 20.4 Å². The van der Waals surface area contributed by atoms with Crippen LogP contribution < -0.4 is 16.0 Å². The highest BCUT2D eigenvalue weighted by Crippen LogP contribution is 1.98. The van der Waals surface area contributed by atoms with E-state index in [0.717, 1.165) is 12.3 Å². The second kappa shape index (κ2) is 10.7. The molecular weight excluding hydrogens is 359 g/mol. The zero-order valence-corrected chi connectivity index (χ0v) is 13.6. The Hall–Kier alpha value is -1.25. The third-order valence-corrected chi connectivity index (χ3v) is 2.11. The fraction of sp³-hybridized carbons (Fsp3) is 0.500. The maximum atomic E-state index is 11.3. The van der Waals surface area contributed by atoms with Gasteiger partial charge in [0, 0.05) is 13.1 Å². The van der Waals surface area contributed by atoms with E-state index in [1.165, 1.54) is 0 Å². The highest BCUT2D eigenvalue weighted by molar-refractivity contribution is 14.0. The van der Waals surface area contributed by atoms with Crippen LogP contribution in [0.2, 0.25) is 0 Å². The van der Waals surface area contributed by atoms with Crippen LogP contribution in [0.25, 0.3) is 0 Å². The molecule has 1 heterocycles. The predicted octanol–water partition coefficient (Wildman–Crippen LogP) is 1.09. The summed E-state index contributed by atoms with van der Waals surface area (Å²) in [4.78, 5) is 15.5. The van der Waals surface area contributed by atoms with Crippen molar-refractivity contribution in [1.29, 1.82) is 0 Å². The molecule has 0 aliphatic heterocycles. The number of hydrogen-bond acceptors (Lipinski definition) is 3. The number of amides is 1. The summed E-state index contributed by atoms with van der Waals surface area (Å²) in [5.41, 5.74) is 0. The van der Waals surface area contributed by atoms with Crippen LogP contribution in [0.1, 0.15) is 19.6 Å². The topological polar surface area (TPSA) is 78.7 Å². The first kappa shape index (κ1) is 17.8. The number of rotatable bonds is 6. The normalized spacial score (nSPS) is 10.5. The van der Waals surface area contributed by atoms with Gasteiger partial charge in [0.2, 0.25) is 5.91 Å². The van der Waals surface area contributed by atoms with E-state index in [0.29, 0.717) is 19.0 Å². The van der Waals surface area contributed by atoms with E-state index in [-0.39, 0.29) is 36.4 Å². The second-order valence-electron chi connectivity index (χ2n) is 3.58. The molecule has 1 amide bonds. The molecule has 0 atom stereocenters. The highest BCUT2D eigenvalue weighted by atomic mass is 127. The Bertz CT molecular complexity index is 379. The molecular formula is C12H21IN4O2. The molecule has 0 aliphatic carbocycles. The lowest BCUT2D eigenvalue weighted by atomic mass is 10.4. The first-order valence-electron chi connectivity index (χ1n) is 6.07. The molecule has 0 aliphatic rings. The molecule has 1 rings (SSSR count). The van der Waals surface area contributed by atoms with Crippen LogP contribution in [0.3, 0.4) is 0 Å². The summed E-state index contributed by atoms with van der Waals surface area (Å²) < 4.78 is 5.20. The van der Waals surface area contributed by atoms with Crippen LogP contribution in [0, 0.1) is 0 Å². The van der Waals surface area contributed by atoms with Crippen molar-refractivity contribution in [1.82, 2.24) is 16.0 Å². The van der Waals surface area contributed by atoms with Crippen LogP contribution in [0.15, 0.2) is 27.8 Å². The van der Waals surface area contributed by atoms with Gasteiger partial charge in [-0.1, -0.05) is 0 Å². The lowest BCUT2D eigenvalue weighted by molar-refractivity contribution is -0.119. The van der Waals surface area contributed by atoms with Crippen LogP contribution in [0.5, 0.6) is 0 Å². The van der Waals surface area contributed by atoms with Crippen molar-refractivity contribution in [3.63, 3.8) is 0 Å². The van der Waals surface area contributed by atoms with Gasteiger partial charge in [0.25, 0.3) is 0 Å². The standard InChI is InChI=1S/C12H20N4O2.HI/c1-3-13-11(17)9-16-12(14-4-2)15-8-10-6-5-7-18-10;/h5-7H,3-4,8-9H2,1-2H3,(H,13,17)(H2,14,15,16);1H. The monoisotopic (exact) mass is 380 g/mol. The summed E-state index contributed by atoms with van der Waals surface area (Å²) in [7, 11) is 0. The minimum Gasteiger partial charge on any atom is -0.467 e. The molecule has 0 unspecified atom stereocenters. The molecule has 1 aromatic rings. The van der Waals surface area contributed by atoms with Crippen molar-refractivity contribution in [3.8, 4) is 0 Å². The summed E-state index contributed by atoms with van der Waals surface area (Å²) in [5, 5.41) is 8.84. The molecule has 1 aromatic heterocycles. The number of halogens is 1. The minimum atomic E-state index is -0.0901. The Balaban J connectivity index is 0.00000324. The number of nitrogens with zero attached hydrogens (tertiary/aromatic N) is 1. The number of carbonyl (C=O) groups excluding carboxylic acids is 1. The van der Waals surface area contributed by atoms with Crippen LogP contribution in [-0.4, -0.2) is 31.5 Å². The molecule has 0 aromatic carbocycles. The largest absolute Gasteiger partial charge is 0.467 e. The number of nitrogens with one attached hydrogen (secondary N) is 3. The molecule has 0 saturated heterocycles. The molecule has 19 heavy (non-hydrogen) atoms. The van der Waals surface area contributed by atoms with Crippen LogP contribution in [-0.2, 0) is 11.3 Å². The molecule has 0 fully saturated rings. The Morgan fingerprint density at radius 2 is 2.00 bits per heavy atom. The predicted molar refractivity (Wildman–Crippen MR) is 85.6 cm³/mol. The second-order valence-corrected chi connectivity index (χ2v) is 3.58. The SMILES string of the molecule is CCNC(=O)CN=C(NCC)NCc1ccco1.I. The summed E-state index contributed by atoms with van der Waals surface area (Å²) in [5.74, 6) is 1.33. The van der Waals surface area contributed by atoms with E-state index in [9.17, 15) is 4.79 Å². The van der Waals surface area contributed by atoms with E-state index in [2.05, 4.69) is 20.9 Å². The van der Waals surface area contributed by atoms with E-state index in [4.69, 9.17) is 4.42 Å². The zero-order chi connectivity index (χ0) is 13.2. The van der Waals surface area contributed by atoms with Gasteiger partial charge in [0.15, 0.2) is 5.96 Å². The van der Waals surface area contributed by atoms with E-state index in [1.807, 2.05) is 26.0 Å². The maximum absolute atomic E-state index is 11.3. The average Bonchev–Trinajstić information content (AvgIpc) is 2.86. The lowest BCUT2D eigenvalue weighted by Crippen LogP contribution is -2.38. The first-order valence-corrected chi connectivity index (χ1v) is 6.07. The molecule has 0 bridgehead atoms. The van der Waals surface area contributed by atoms with Gasteiger partial charge in [0.05, 0.1) is 12.8 Å². The van der Waals surface area contributed by atoms with Gasteiger partial charge >= 0.3 is 0 Å². The molecule has 0 spiro atoms. The maximum Gasteiger partial charge on any atom is 0.241 e. The summed E-state index contributed by atoms with van der Waals surface area (Å²) >= 11 is 0. The van der Waals surface area contributed by atoms with Crippen LogP contribution in [0.4, 0.5) is 0 Å².